The number of nitrogens with one attached hydrogen (secondary N) is 1. The maximum Gasteiger partial charge on any atom is 0.239 e. The first-order valence-electron chi connectivity index (χ1n) is 1.96. The van der Waals surface area contributed by atoms with E-state index >= 15 is 0 Å². The molecule has 0 unspecified atom stereocenters. The van der Waals surface area contributed by atoms with Crippen molar-refractivity contribution in [3.8, 4) is 0 Å². The maximum atomic E-state index is 5.13. The van der Waals surface area contributed by atoms with Gasteiger partial charge in [0, 0.05) is 5.37 Å². The zero-order chi connectivity index (χ0) is 5.98. The summed E-state index contributed by atoms with van der Waals surface area (Å²) in [5, 5.41) is 7.42. The lowest BCUT2D eigenvalue weighted by atomic mass is 10.7. The van der Waals surface area contributed by atoms with Crippen LogP contribution in [0.5, 0.6) is 0 Å². The van der Waals surface area contributed by atoms with Crippen molar-refractivity contribution in [3.05, 3.63) is 5.82 Å². The third-order valence-corrected chi connectivity index (χ3v) is 0.855. The summed E-state index contributed by atoms with van der Waals surface area (Å²) in [6, 6.07) is 0. The Balaban J connectivity index is 3.00. The van der Waals surface area contributed by atoms with Crippen molar-refractivity contribution in [2.24, 2.45) is 0 Å². The van der Waals surface area contributed by atoms with Crippen LogP contribution in [0.3, 0.4) is 0 Å². The van der Waals surface area contributed by atoms with E-state index in [4.69, 9.17) is 5.73 Å². The van der Waals surface area contributed by atoms with Gasteiger partial charge in [0.1, 0.15) is 0 Å². The summed E-state index contributed by atoms with van der Waals surface area (Å²) in [5.74, 6) is 0.749. The molecule has 0 atom stereocenters. The fourth-order valence-corrected chi connectivity index (χ4v) is 0.446. The van der Waals surface area contributed by atoms with Crippen molar-refractivity contribution in [3.63, 3.8) is 0 Å². The zero-order valence-electron chi connectivity index (χ0n) is 3.96. The summed E-state index contributed by atoms with van der Waals surface area (Å²) < 4.78 is 0. The van der Waals surface area contributed by atoms with Crippen molar-refractivity contribution in [2.45, 2.75) is 0 Å². The van der Waals surface area contributed by atoms with Gasteiger partial charge in [0.25, 0.3) is 0 Å². The van der Waals surface area contributed by atoms with Gasteiger partial charge in [0.2, 0.25) is 5.95 Å². The number of nitrogens with zero attached hydrogens (tertiary/aromatic N) is 2. The standard InChI is InChI=1S/C3H4N4S/c4-3-5-2(1-8)6-7-3/h1H,(H3,4,5,6,7). The first kappa shape index (κ1) is 5.17. The van der Waals surface area contributed by atoms with Crippen LogP contribution in [0, 0.1) is 0 Å². The molecule has 1 aromatic rings. The first-order valence-corrected chi connectivity index (χ1v) is 2.43. The number of aromatic amines is 1. The molecule has 5 heteroatoms. The Morgan fingerprint density at radius 2 is 2.50 bits per heavy atom. The monoisotopic (exact) mass is 128 g/mol. The number of H-pyrrole nitrogens is 1. The van der Waals surface area contributed by atoms with E-state index in [1.165, 1.54) is 5.37 Å². The number of thiocarbonyl (C=S) groups is 1. The third kappa shape index (κ3) is 0.812. The molecule has 0 amide bonds. The molecule has 0 bridgehead atoms. The van der Waals surface area contributed by atoms with Crippen LogP contribution in [-0.4, -0.2) is 20.5 Å². The Bertz CT molecular complexity index is 193. The van der Waals surface area contributed by atoms with Crippen LogP contribution in [0.15, 0.2) is 0 Å². The minimum absolute atomic E-state index is 0.223. The van der Waals surface area contributed by atoms with Gasteiger partial charge in [-0.1, -0.05) is 12.2 Å². The highest BCUT2D eigenvalue weighted by molar-refractivity contribution is 7.79. The topological polar surface area (TPSA) is 67.6 Å². The molecule has 1 rings (SSSR count). The van der Waals surface area contributed by atoms with Crippen LogP contribution >= 0.6 is 12.2 Å². The first-order chi connectivity index (χ1) is 3.83. The van der Waals surface area contributed by atoms with Crippen LogP contribution in [0.1, 0.15) is 5.82 Å². The summed E-state index contributed by atoms with van der Waals surface area (Å²) in [7, 11) is 0. The van der Waals surface area contributed by atoms with Crippen molar-refractivity contribution in [1.82, 2.24) is 15.2 Å². The molecule has 42 valence electrons. The highest BCUT2D eigenvalue weighted by atomic mass is 32.1. The predicted molar refractivity (Wildman–Crippen MR) is 33.6 cm³/mol. The van der Waals surface area contributed by atoms with Crippen molar-refractivity contribution in [1.29, 1.82) is 0 Å². The average Bonchev–Trinajstić information content (AvgIpc) is 2.14. The molecule has 0 aliphatic carbocycles. The van der Waals surface area contributed by atoms with Gasteiger partial charge < -0.3 is 5.73 Å². The second kappa shape index (κ2) is 1.87. The molecule has 1 heterocycles. The lowest BCUT2D eigenvalue weighted by Gasteiger charge is -1.70. The highest BCUT2D eigenvalue weighted by Gasteiger charge is 1.90. The lowest BCUT2D eigenvalue weighted by Crippen LogP contribution is -1.85. The lowest BCUT2D eigenvalue weighted by molar-refractivity contribution is 1.09. The maximum absolute atomic E-state index is 5.13. The number of nitrogens with two attached hydrogens (primary N) is 1. The zero-order valence-corrected chi connectivity index (χ0v) is 4.77. The second-order valence-electron chi connectivity index (χ2n) is 1.20. The molecule has 0 aromatic carbocycles. The van der Waals surface area contributed by atoms with E-state index in [-0.39, 0.29) is 5.95 Å². The number of aromatic nitrogens is 3. The summed E-state index contributed by atoms with van der Waals surface area (Å²) in [6.07, 6.45) is 0. The minimum Gasteiger partial charge on any atom is -0.366 e. The van der Waals surface area contributed by atoms with E-state index in [1.54, 1.807) is 0 Å². The molecule has 0 saturated carbocycles. The molecular weight excluding hydrogens is 124 g/mol. The van der Waals surface area contributed by atoms with Gasteiger partial charge in [-0.25, -0.2) is 0 Å². The normalized spacial score (nSPS) is 9.00. The van der Waals surface area contributed by atoms with E-state index in [0.29, 0.717) is 5.82 Å². The van der Waals surface area contributed by atoms with E-state index in [2.05, 4.69) is 27.4 Å². The molecule has 3 N–H and O–H groups in total. The van der Waals surface area contributed by atoms with Crippen LogP contribution in [0.2, 0.25) is 0 Å². The molecule has 8 heavy (non-hydrogen) atoms. The summed E-state index contributed by atoms with van der Waals surface area (Å²) >= 11 is 4.52. The molecule has 0 saturated heterocycles. The molecule has 0 spiro atoms. The molecule has 0 fully saturated rings. The number of nitrogen functional groups attached to an aromatic ring is 1. The molecule has 1 aromatic heterocycles. The quantitative estimate of drug-likeness (QED) is 0.511. The van der Waals surface area contributed by atoms with Gasteiger partial charge in [-0.2, -0.15) is 4.98 Å². The van der Waals surface area contributed by atoms with Gasteiger partial charge in [0.15, 0.2) is 5.82 Å². The summed E-state index contributed by atoms with van der Waals surface area (Å²) in [4.78, 5) is 3.68. The minimum atomic E-state index is 0.223. The average molecular weight is 128 g/mol. The fraction of sp³-hybridized carbons (Fsp3) is 0. The Labute approximate surface area is 51.1 Å². The third-order valence-electron chi connectivity index (χ3n) is 0.632. The Hall–Kier alpha value is -0.970. The van der Waals surface area contributed by atoms with Gasteiger partial charge in [-0.15, -0.1) is 5.10 Å². The molecule has 0 radical (unpaired) electrons. The summed E-state index contributed by atoms with van der Waals surface area (Å²) in [6.45, 7) is 0. The van der Waals surface area contributed by atoms with E-state index < -0.39 is 0 Å². The van der Waals surface area contributed by atoms with Crippen molar-refractivity contribution in [2.75, 3.05) is 5.73 Å². The van der Waals surface area contributed by atoms with Gasteiger partial charge in [-0.05, 0) is 0 Å². The van der Waals surface area contributed by atoms with E-state index in [1.807, 2.05) is 0 Å². The largest absolute Gasteiger partial charge is 0.366 e. The molecule has 0 aliphatic heterocycles. The number of hydrogen-bond acceptors (Lipinski definition) is 4. The molecular formula is C3H4N4S. The predicted octanol–water partition coefficient (Wildman–Crippen LogP) is -0.265. The van der Waals surface area contributed by atoms with Crippen LogP contribution < -0.4 is 5.73 Å². The van der Waals surface area contributed by atoms with Crippen LogP contribution in [-0.2, 0) is 0 Å². The Morgan fingerprint density at radius 3 is 2.75 bits per heavy atom. The van der Waals surface area contributed by atoms with E-state index in [0.717, 1.165) is 0 Å². The van der Waals surface area contributed by atoms with Gasteiger partial charge in [-0.3, -0.25) is 5.10 Å². The number of hydrogen-bond donors (Lipinski definition) is 2. The van der Waals surface area contributed by atoms with Crippen molar-refractivity contribution < 1.29 is 0 Å². The van der Waals surface area contributed by atoms with E-state index in [9.17, 15) is 0 Å². The number of rotatable bonds is 1. The van der Waals surface area contributed by atoms with Crippen LogP contribution in [0.4, 0.5) is 5.95 Å². The Morgan fingerprint density at radius 1 is 1.75 bits per heavy atom. The van der Waals surface area contributed by atoms with Gasteiger partial charge >= 0.3 is 0 Å². The second-order valence-corrected chi connectivity index (χ2v) is 1.43. The Kier molecular flexibility index (Phi) is 1.21. The van der Waals surface area contributed by atoms with Crippen LogP contribution in [0.25, 0.3) is 0 Å². The highest BCUT2D eigenvalue weighted by Crippen LogP contribution is 1.87. The molecule has 4 nitrogen and oxygen atoms in total. The fourth-order valence-electron chi connectivity index (χ4n) is 0.341. The van der Waals surface area contributed by atoms with Gasteiger partial charge in [0.05, 0.1) is 0 Å². The number of anilines is 1. The molecule has 0 aliphatic rings. The summed E-state index contributed by atoms with van der Waals surface area (Å²) in [5.41, 5.74) is 5.13. The smallest absolute Gasteiger partial charge is 0.239 e. The van der Waals surface area contributed by atoms with Crippen molar-refractivity contribution >= 4 is 23.5 Å². The SMILES string of the molecule is Nc1n[nH]c(C=S)n1.